The van der Waals surface area contributed by atoms with Crippen molar-refractivity contribution in [2.75, 3.05) is 6.54 Å². The SMILES string of the molecule is C/C(=C\CCC1(C)Oc2c(c(O)cc3c2CN(CCCCC(=O)O)C3=O)CC1O)CCC(O)C(C)(C)O. The first-order chi connectivity index (χ1) is 17.2. The zero-order valence-corrected chi connectivity index (χ0v) is 22.3. The van der Waals surface area contributed by atoms with Gasteiger partial charge in [0, 0.05) is 30.5 Å². The van der Waals surface area contributed by atoms with Crippen LogP contribution in [0.2, 0.25) is 0 Å². The van der Waals surface area contributed by atoms with E-state index in [0.29, 0.717) is 74.1 Å². The summed E-state index contributed by atoms with van der Waals surface area (Å²) in [5.74, 6) is -0.695. The topological polar surface area (TPSA) is 148 Å². The Morgan fingerprint density at radius 3 is 2.65 bits per heavy atom. The minimum Gasteiger partial charge on any atom is -0.508 e. The number of carbonyl (C=O) groups is 2. The molecule has 3 unspecified atom stereocenters. The molecule has 0 radical (unpaired) electrons. The maximum absolute atomic E-state index is 13.0. The Morgan fingerprint density at radius 1 is 1.30 bits per heavy atom. The number of aliphatic hydroxyl groups is 3. The second kappa shape index (κ2) is 11.4. The molecule has 5 N–H and O–H groups in total. The van der Waals surface area contributed by atoms with Crippen LogP contribution in [0.5, 0.6) is 11.5 Å². The number of phenolic OH excluding ortho intramolecular Hbond substituents is 1. The van der Waals surface area contributed by atoms with Crippen molar-refractivity contribution in [2.45, 2.75) is 109 Å². The van der Waals surface area contributed by atoms with E-state index >= 15 is 0 Å². The van der Waals surface area contributed by atoms with Gasteiger partial charge in [0.1, 0.15) is 17.1 Å². The molecule has 206 valence electrons. The Bertz CT molecular complexity index is 1040. The number of aliphatic hydroxyl groups excluding tert-OH is 2. The Morgan fingerprint density at radius 2 is 2.00 bits per heavy atom. The Hall–Kier alpha value is -2.62. The number of aliphatic carboxylic acids is 1. The van der Waals surface area contributed by atoms with Crippen LogP contribution in [0.4, 0.5) is 0 Å². The standard InChI is InChI=1S/C28H41NO8/c1-17(10-11-22(31)27(2,3)36)8-7-12-28(4)23(32)15-19-21(30)14-18-20(25(19)37-28)16-29(26(18)35)13-6-5-9-24(33)34/h8,14,22-23,30-32,36H,5-7,9-13,15-16H2,1-4H3,(H,33,34)/b17-8+. The van der Waals surface area contributed by atoms with Gasteiger partial charge in [0.05, 0.1) is 29.9 Å². The highest BCUT2D eigenvalue weighted by atomic mass is 16.5. The van der Waals surface area contributed by atoms with E-state index in [1.165, 1.54) is 6.07 Å². The molecule has 2 heterocycles. The van der Waals surface area contributed by atoms with E-state index in [2.05, 4.69) is 0 Å². The maximum Gasteiger partial charge on any atom is 0.303 e. The Balaban J connectivity index is 1.69. The predicted molar refractivity (Wildman–Crippen MR) is 138 cm³/mol. The largest absolute Gasteiger partial charge is 0.508 e. The molecule has 2 aliphatic rings. The van der Waals surface area contributed by atoms with Crippen LogP contribution in [0, 0.1) is 0 Å². The molecule has 1 aromatic rings. The van der Waals surface area contributed by atoms with Gasteiger partial charge in [0.2, 0.25) is 0 Å². The van der Waals surface area contributed by atoms with Crippen LogP contribution in [0.3, 0.4) is 0 Å². The molecule has 0 saturated heterocycles. The number of carboxylic acids is 1. The van der Waals surface area contributed by atoms with Gasteiger partial charge >= 0.3 is 5.97 Å². The molecular weight excluding hydrogens is 478 g/mol. The smallest absolute Gasteiger partial charge is 0.303 e. The highest BCUT2D eigenvalue weighted by Crippen LogP contribution is 2.46. The molecule has 2 aliphatic heterocycles. The molecule has 0 bridgehead atoms. The van der Waals surface area contributed by atoms with Crippen molar-refractivity contribution in [1.29, 1.82) is 0 Å². The summed E-state index contributed by atoms with van der Waals surface area (Å²) in [5, 5.41) is 50.3. The first-order valence-corrected chi connectivity index (χ1v) is 13.0. The molecule has 0 spiro atoms. The Kier molecular flexibility index (Phi) is 8.93. The third-order valence-electron chi connectivity index (χ3n) is 7.60. The highest BCUT2D eigenvalue weighted by Gasteiger charge is 2.44. The fourth-order valence-corrected chi connectivity index (χ4v) is 4.95. The average molecular weight is 520 g/mol. The zero-order chi connectivity index (χ0) is 27.5. The summed E-state index contributed by atoms with van der Waals surface area (Å²) in [5.41, 5.74) is 0.575. The van der Waals surface area contributed by atoms with Crippen LogP contribution >= 0.6 is 0 Å². The predicted octanol–water partition coefficient (Wildman–Crippen LogP) is 3.30. The van der Waals surface area contributed by atoms with Gasteiger partial charge in [-0.2, -0.15) is 0 Å². The lowest BCUT2D eigenvalue weighted by atomic mass is 9.84. The number of carboxylic acid groups (broad SMARTS) is 1. The van der Waals surface area contributed by atoms with Crippen molar-refractivity contribution < 1.29 is 39.9 Å². The summed E-state index contributed by atoms with van der Waals surface area (Å²) in [6.07, 6.45) is 3.90. The number of unbranched alkanes of at least 4 members (excludes halogenated alkanes) is 1. The molecule has 9 nitrogen and oxygen atoms in total. The molecule has 1 aromatic carbocycles. The normalized spacial score (nSPS) is 22.5. The number of amides is 1. The lowest BCUT2D eigenvalue weighted by Gasteiger charge is -2.40. The van der Waals surface area contributed by atoms with Crippen LogP contribution in [0.1, 0.15) is 94.1 Å². The van der Waals surface area contributed by atoms with Crippen LogP contribution in [0.15, 0.2) is 17.7 Å². The summed E-state index contributed by atoms with van der Waals surface area (Å²) in [6, 6.07) is 1.45. The lowest BCUT2D eigenvalue weighted by Crippen LogP contribution is -2.49. The van der Waals surface area contributed by atoms with E-state index in [9.17, 15) is 30.0 Å². The Labute approximate surface area is 218 Å². The van der Waals surface area contributed by atoms with Crippen molar-refractivity contribution in [1.82, 2.24) is 4.90 Å². The molecule has 3 atom stereocenters. The van der Waals surface area contributed by atoms with Gasteiger partial charge in [-0.1, -0.05) is 11.6 Å². The molecule has 0 saturated carbocycles. The third-order valence-corrected chi connectivity index (χ3v) is 7.60. The third kappa shape index (κ3) is 6.83. The van der Waals surface area contributed by atoms with E-state index in [4.69, 9.17) is 9.84 Å². The fraction of sp³-hybridized carbons (Fsp3) is 0.643. The van der Waals surface area contributed by atoms with Crippen molar-refractivity contribution in [3.8, 4) is 11.5 Å². The van der Waals surface area contributed by atoms with E-state index < -0.39 is 29.4 Å². The van der Waals surface area contributed by atoms with E-state index in [1.807, 2.05) is 19.9 Å². The minimum absolute atomic E-state index is 0.0540. The molecule has 1 amide bonds. The number of phenols is 1. The van der Waals surface area contributed by atoms with E-state index in [-0.39, 0.29) is 24.5 Å². The first-order valence-electron chi connectivity index (χ1n) is 13.0. The van der Waals surface area contributed by atoms with Crippen LogP contribution < -0.4 is 4.74 Å². The van der Waals surface area contributed by atoms with Crippen LogP contribution in [0.25, 0.3) is 0 Å². The van der Waals surface area contributed by atoms with Crippen LogP contribution in [-0.2, 0) is 17.8 Å². The quantitative estimate of drug-likeness (QED) is 0.209. The number of rotatable bonds is 12. The second-order valence-electron chi connectivity index (χ2n) is 11.2. The van der Waals surface area contributed by atoms with Gasteiger partial charge in [0.15, 0.2) is 0 Å². The number of hydrogen-bond acceptors (Lipinski definition) is 7. The number of hydrogen-bond donors (Lipinski definition) is 5. The average Bonchev–Trinajstić information content (AvgIpc) is 3.11. The molecule has 37 heavy (non-hydrogen) atoms. The molecular formula is C28H41NO8. The maximum atomic E-state index is 13.0. The van der Waals surface area contributed by atoms with Gasteiger partial charge in [-0.15, -0.1) is 0 Å². The summed E-state index contributed by atoms with van der Waals surface area (Å²) < 4.78 is 6.36. The molecule has 3 rings (SSSR count). The number of ether oxygens (including phenoxy) is 1. The highest BCUT2D eigenvalue weighted by molar-refractivity contribution is 6.00. The summed E-state index contributed by atoms with van der Waals surface area (Å²) in [7, 11) is 0. The summed E-state index contributed by atoms with van der Waals surface area (Å²) in [4.78, 5) is 25.4. The number of aromatic hydroxyl groups is 1. The first kappa shape index (κ1) is 28.9. The van der Waals surface area contributed by atoms with Crippen LogP contribution in [-0.4, -0.2) is 72.3 Å². The number of carbonyl (C=O) groups excluding carboxylic acids is 1. The number of nitrogens with zero attached hydrogens (tertiary/aromatic N) is 1. The monoisotopic (exact) mass is 519 g/mol. The molecule has 0 fully saturated rings. The number of allylic oxidation sites excluding steroid dienone is 2. The second-order valence-corrected chi connectivity index (χ2v) is 11.2. The van der Waals surface area contributed by atoms with Gasteiger partial charge < -0.3 is 35.2 Å². The number of benzene rings is 1. The van der Waals surface area contributed by atoms with Gasteiger partial charge in [-0.3, -0.25) is 9.59 Å². The van der Waals surface area contributed by atoms with Crippen molar-refractivity contribution >= 4 is 11.9 Å². The van der Waals surface area contributed by atoms with Gasteiger partial charge in [0.25, 0.3) is 5.91 Å². The van der Waals surface area contributed by atoms with E-state index in [1.54, 1.807) is 18.7 Å². The van der Waals surface area contributed by atoms with Crippen molar-refractivity contribution in [3.63, 3.8) is 0 Å². The van der Waals surface area contributed by atoms with Gasteiger partial charge in [-0.25, -0.2) is 0 Å². The number of fused-ring (bicyclic) bond motifs is 3. The van der Waals surface area contributed by atoms with Crippen molar-refractivity contribution in [3.05, 3.63) is 34.4 Å². The molecule has 9 heteroatoms. The summed E-state index contributed by atoms with van der Waals surface area (Å²) in [6.45, 7) is 7.70. The van der Waals surface area contributed by atoms with E-state index in [0.717, 1.165) is 5.57 Å². The molecule has 0 aliphatic carbocycles. The molecule has 0 aromatic heterocycles. The summed E-state index contributed by atoms with van der Waals surface area (Å²) >= 11 is 0. The van der Waals surface area contributed by atoms with Gasteiger partial charge in [-0.05, 0) is 72.3 Å². The minimum atomic E-state index is -1.15. The lowest BCUT2D eigenvalue weighted by molar-refractivity contribution is -0.137. The van der Waals surface area contributed by atoms with Crippen molar-refractivity contribution in [2.24, 2.45) is 0 Å². The zero-order valence-electron chi connectivity index (χ0n) is 22.3. The fourth-order valence-electron chi connectivity index (χ4n) is 4.95.